The van der Waals surface area contributed by atoms with E-state index in [1.165, 1.54) is 26.0 Å². The summed E-state index contributed by atoms with van der Waals surface area (Å²) in [6.07, 6.45) is 1.69. The molecular formula is C23H24ClN5O4S. The summed E-state index contributed by atoms with van der Waals surface area (Å²) in [7, 11) is 3.03. The van der Waals surface area contributed by atoms with Gasteiger partial charge < -0.3 is 24.7 Å². The highest BCUT2D eigenvalue weighted by Crippen LogP contribution is 2.27. The number of ether oxygens (including phenoxy) is 2. The van der Waals surface area contributed by atoms with Gasteiger partial charge in [0.05, 0.1) is 37.2 Å². The van der Waals surface area contributed by atoms with Crippen molar-refractivity contribution in [3.05, 3.63) is 71.5 Å². The lowest BCUT2D eigenvalue weighted by Gasteiger charge is -2.11. The van der Waals surface area contributed by atoms with Gasteiger partial charge in [0, 0.05) is 12.1 Å². The van der Waals surface area contributed by atoms with E-state index in [1.807, 2.05) is 0 Å². The van der Waals surface area contributed by atoms with Gasteiger partial charge >= 0.3 is 0 Å². The number of halogens is 1. The van der Waals surface area contributed by atoms with Gasteiger partial charge in [-0.1, -0.05) is 41.6 Å². The maximum Gasteiger partial charge on any atom is 0.251 e. The summed E-state index contributed by atoms with van der Waals surface area (Å²) >= 11 is 7.31. The molecule has 3 aromatic rings. The van der Waals surface area contributed by atoms with Crippen LogP contribution in [0.25, 0.3) is 0 Å². The number of carbonyl (C=O) groups is 2. The predicted octanol–water partition coefficient (Wildman–Crippen LogP) is 3.80. The summed E-state index contributed by atoms with van der Waals surface area (Å²) in [4.78, 5) is 25.0. The summed E-state index contributed by atoms with van der Waals surface area (Å²) < 4.78 is 12.2. The van der Waals surface area contributed by atoms with Crippen molar-refractivity contribution in [2.45, 2.75) is 18.2 Å². The van der Waals surface area contributed by atoms with Gasteiger partial charge in [0.25, 0.3) is 5.91 Å². The molecular weight excluding hydrogens is 478 g/mol. The van der Waals surface area contributed by atoms with Crippen LogP contribution in [0, 0.1) is 0 Å². The first-order valence-corrected chi connectivity index (χ1v) is 11.5. The number of amides is 2. The van der Waals surface area contributed by atoms with Crippen molar-refractivity contribution in [1.82, 2.24) is 20.1 Å². The minimum atomic E-state index is -0.303. The van der Waals surface area contributed by atoms with Crippen molar-refractivity contribution in [2.75, 3.05) is 25.3 Å². The lowest BCUT2D eigenvalue weighted by Crippen LogP contribution is -2.25. The van der Waals surface area contributed by atoms with Crippen LogP contribution in [0.15, 0.2) is 60.3 Å². The topological polar surface area (TPSA) is 107 Å². The number of hydrogen-bond donors (Lipinski definition) is 2. The molecule has 0 saturated carbocycles. The van der Waals surface area contributed by atoms with Gasteiger partial charge in [-0.05, 0) is 30.3 Å². The minimum Gasteiger partial charge on any atom is -0.493 e. The Labute approximate surface area is 206 Å². The molecule has 0 saturated heterocycles. The molecule has 2 aromatic carbocycles. The van der Waals surface area contributed by atoms with E-state index in [1.54, 1.807) is 53.1 Å². The number of nitrogens with one attached hydrogen (secondary N) is 2. The molecule has 0 atom stereocenters. The van der Waals surface area contributed by atoms with E-state index in [0.29, 0.717) is 45.3 Å². The number of methoxy groups -OCH3 is 2. The predicted molar refractivity (Wildman–Crippen MR) is 132 cm³/mol. The number of thioether (sulfide) groups is 1. The van der Waals surface area contributed by atoms with Gasteiger partial charge in [-0.2, -0.15) is 0 Å². The standard InChI is InChI=1S/C23H24ClN5O4S/c1-4-11-29-20(13-25-22(31)15-9-10-18(32-2)19(12-15)33-3)27-28-23(29)34-14-21(30)26-17-8-6-5-7-16(17)24/h4-10,12H,1,11,13-14H2,2-3H3,(H,25,31)(H,26,30). The fraction of sp³-hybridized carbons (Fsp3) is 0.217. The maximum atomic E-state index is 12.6. The number of anilines is 1. The van der Waals surface area contributed by atoms with Gasteiger partial charge in [-0.3, -0.25) is 9.59 Å². The fourth-order valence-corrected chi connectivity index (χ4v) is 3.94. The lowest BCUT2D eigenvalue weighted by molar-refractivity contribution is -0.113. The zero-order valence-electron chi connectivity index (χ0n) is 18.7. The number of carbonyl (C=O) groups excluding carboxylic acids is 2. The van der Waals surface area contributed by atoms with E-state index in [2.05, 4.69) is 27.4 Å². The number of allylic oxidation sites excluding steroid dienone is 1. The molecule has 0 radical (unpaired) electrons. The second kappa shape index (κ2) is 12.1. The Morgan fingerprint density at radius 1 is 1.15 bits per heavy atom. The highest BCUT2D eigenvalue weighted by molar-refractivity contribution is 7.99. The van der Waals surface area contributed by atoms with Crippen molar-refractivity contribution >= 4 is 40.9 Å². The number of hydrogen-bond acceptors (Lipinski definition) is 7. The second-order valence-corrected chi connectivity index (χ2v) is 8.22. The molecule has 2 N–H and O–H groups in total. The SMILES string of the molecule is C=CCn1c(CNC(=O)c2ccc(OC)c(OC)c2)nnc1SCC(=O)Nc1ccccc1Cl. The van der Waals surface area contributed by atoms with E-state index >= 15 is 0 Å². The van der Waals surface area contributed by atoms with Crippen molar-refractivity contribution in [3.63, 3.8) is 0 Å². The fourth-order valence-electron chi connectivity index (χ4n) is 2.99. The van der Waals surface area contributed by atoms with Crippen LogP contribution in [-0.2, 0) is 17.9 Å². The van der Waals surface area contributed by atoms with Gasteiger partial charge in [0.15, 0.2) is 22.5 Å². The van der Waals surface area contributed by atoms with E-state index < -0.39 is 0 Å². The molecule has 178 valence electrons. The first-order valence-electron chi connectivity index (χ1n) is 10.2. The minimum absolute atomic E-state index is 0.110. The van der Waals surface area contributed by atoms with E-state index in [0.717, 1.165) is 0 Å². The molecule has 0 aliphatic heterocycles. The third kappa shape index (κ3) is 6.30. The number of aromatic nitrogens is 3. The zero-order valence-corrected chi connectivity index (χ0v) is 20.3. The van der Waals surface area contributed by atoms with Crippen LogP contribution in [0.1, 0.15) is 16.2 Å². The molecule has 1 aromatic heterocycles. The normalized spacial score (nSPS) is 10.4. The Morgan fingerprint density at radius 2 is 1.91 bits per heavy atom. The highest BCUT2D eigenvalue weighted by Gasteiger charge is 2.16. The Kier molecular flexibility index (Phi) is 8.94. The van der Waals surface area contributed by atoms with Crippen LogP contribution in [0.3, 0.4) is 0 Å². The van der Waals surface area contributed by atoms with Crippen LogP contribution in [0.5, 0.6) is 11.5 Å². The summed E-state index contributed by atoms with van der Waals surface area (Å²) in [6, 6.07) is 11.9. The maximum absolute atomic E-state index is 12.6. The molecule has 3 rings (SSSR count). The zero-order chi connectivity index (χ0) is 24.5. The van der Waals surface area contributed by atoms with Crippen LogP contribution in [0.4, 0.5) is 5.69 Å². The molecule has 0 spiro atoms. The monoisotopic (exact) mass is 501 g/mol. The largest absolute Gasteiger partial charge is 0.493 e. The van der Waals surface area contributed by atoms with Crippen LogP contribution in [0.2, 0.25) is 5.02 Å². The van der Waals surface area contributed by atoms with Crippen LogP contribution in [-0.4, -0.2) is 46.6 Å². The molecule has 1 heterocycles. The van der Waals surface area contributed by atoms with Gasteiger partial charge in [-0.15, -0.1) is 16.8 Å². The summed E-state index contributed by atoms with van der Waals surface area (Å²) in [5, 5.41) is 14.9. The smallest absolute Gasteiger partial charge is 0.251 e. The van der Waals surface area contributed by atoms with Crippen LogP contribution < -0.4 is 20.1 Å². The highest BCUT2D eigenvalue weighted by atomic mass is 35.5. The van der Waals surface area contributed by atoms with Crippen molar-refractivity contribution in [2.24, 2.45) is 0 Å². The third-order valence-corrected chi connectivity index (χ3v) is 5.93. The molecule has 0 aliphatic rings. The Balaban J connectivity index is 1.63. The third-order valence-electron chi connectivity index (χ3n) is 4.64. The molecule has 0 unspecified atom stereocenters. The Morgan fingerprint density at radius 3 is 2.62 bits per heavy atom. The van der Waals surface area contributed by atoms with Crippen molar-refractivity contribution in [3.8, 4) is 11.5 Å². The summed E-state index contributed by atoms with van der Waals surface area (Å²) in [5.41, 5.74) is 0.958. The average molecular weight is 502 g/mol. The molecule has 0 bridgehead atoms. The summed E-state index contributed by atoms with van der Waals surface area (Å²) in [5.74, 6) is 1.10. The molecule has 9 nitrogen and oxygen atoms in total. The molecule has 0 fully saturated rings. The van der Waals surface area contributed by atoms with Gasteiger partial charge in [-0.25, -0.2) is 0 Å². The average Bonchev–Trinajstić information content (AvgIpc) is 3.23. The van der Waals surface area contributed by atoms with E-state index in [9.17, 15) is 9.59 Å². The Hall–Kier alpha value is -3.50. The molecule has 34 heavy (non-hydrogen) atoms. The van der Waals surface area contributed by atoms with E-state index in [-0.39, 0.29) is 24.1 Å². The number of benzene rings is 2. The molecule has 11 heteroatoms. The molecule has 0 aliphatic carbocycles. The Bertz CT molecular complexity index is 1180. The quantitative estimate of drug-likeness (QED) is 0.304. The first kappa shape index (κ1) is 25.1. The van der Waals surface area contributed by atoms with Gasteiger partial charge in [0.1, 0.15) is 0 Å². The number of para-hydroxylation sites is 1. The van der Waals surface area contributed by atoms with Gasteiger partial charge in [0.2, 0.25) is 5.91 Å². The van der Waals surface area contributed by atoms with Crippen LogP contribution >= 0.6 is 23.4 Å². The summed E-state index contributed by atoms with van der Waals surface area (Å²) in [6.45, 7) is 4.32. The van der Waals surface area contributed by atoms with E-state index in [4.69, 9.17) is 21.1 Å². The number of nitrogens with zero attached hydrogens (tertiary/aromatic N) is 3. The number of rotatable bonds is 11. The second-order valence-electron chi connectivity index (χ2n) is 6.87. The lowest BCUT2D eigenvalue weighted by atomic mass is 10.2. The molecule has 2 amide bonds. The van der Waals surface area contributed by atoms with Crippen molar-refractivity contribution < 1.29 is 19.1 Å². The first-order chi connectivity index (χ1) is 16.5. The van der Waals surface area contributed by atoms with Crippen molar-refractivity contribution in [1.29, 1.82) is 0 Å².